The maximum atomic E-state index is 13.4. The number of nitrogens with one attached hydrogen (secondary N) is 1. The number of pyridine rings is 6. The molecule has 0 unspecified atom stereocenters. The first-order chi connectivity index (χ1) is 39.0. The Labute approximate surface area is 457 Å². The average Bonchev–Trinajstić information content (AvgIpc) is 3.19. The van der Waals surface area contributed by atoms with Gasteiger partial charge in [0.15, 0.2) is 22.3 Å². The number of imidazole rings is 2. The predicted molar refractivity (Wildman–Crippen MR) is 285 cm³/mol. The average molecular weight is 1130 g/mol. The van der Waals surface area contributed by atoms with Crippen molar-refractivity contribution in [2.75, 3.05) is 18.2 Å². The van der Waals surface area contributed by atoms with E-state index in [0.29, 0.717) is 39.7 Å². The first-order valence-corrected chi connectivity index (χ1v) is 24.2. The van der Waals surface area contributed by atoms with Crippen LogP contribution in [-0.4, -0.2) is 86.3 Å². The van der Waals surface area contributed by atoms with Crippen molar-refractivity contribution >= 4 is 45.8 Å². The number of aryl methyl sites for hydroxylation is 2. The number of methoxy groups -OCH3 is 1. The molecule has 0 aliphatic rings. The number of amides is 1. The lowest BCUT2D eigenvalue weighted by Crippen LogP contribution is -2.40. The van der Waals surface area contributed by atoms with Crippen LogP contribution >= 0.6 is 0 Å². The summed E-state index contributed by atoms with van der Waals surface area (Å²) in [5.74, 6) is -0.608. The first kappa shape index (κ1) is 57.7. The van der Waals surface area contributed by atoms with Crippen LogP contribution in [0, 0.1) is 0 Å². The predicted octanol–water partition coefficient (Wildman–Crippen LogP) is 5.83. The van der Waals surface area contributed by atoms with E-state index in [9.17, 15) is 55.1 Å². The van der Waals surface area contributed by atoms with Crippen LogP contribution < -0.4 is 33.5 Å². The Morgan fingerprint density at radius 1 is 0.585 bits per heavy atom. The molecule has 23 nitrogen and oxygen atoms in total. The fourth-order valence-electron chi connectivity index (χ4n) is 8.10. The zero-order chi connectivity index (χ0) is 59.2. The molecule has 422 valence electrons. The number of nitrogen functional groups attached to an aromatic ring is 1. The largest absolute Gasteiger partial charge is 0.467 e. The summed E-state index contributed by atoms with van der Waals surface area (Å²) in [5, 5.41) is 2.65. The van der Waals surface area contributed by atoms with E-state index in [2.05, 4.69) is 45.2 Å². The van der Waals surface area contributed by atoms with Gasteiger partial charge in [-0.2, -0.15) is 26.3 Å². The molecule has 29 heteroatoms. The molecular formula is C53H46F6N16O7. The van der Waals surface area contributed by atoms with Crippen LogP contribution in [0.4, 0.5) is 38.0 Å². The van der Waals surface area contributed by atoms with Crippen LogP contribution in [0.5, 0.6) is 0 Å². The molecule has 0 radical (unpaired) electrons. The van der Waals surface area contributed by atoms with Gasteiger partial charge in [-0.05, 0) is 86.6 Å². The summed E-state index contributed by atoms with van der Waals surface area (Å²) < 4.78 is 87.5. The van der Waals surface area contributed by atoms with Crippen LogP contribution in [0.15, 0.2) is 154 Å². The Kier molecular flexibility index (Phi) is 16.8. The van der Waals surface area contributed by atoms with Gasteiger partial charge in [0.25, 0.3) is 11.1 Å². The van der Waals surface area contributed by atoms with Gasteiger partial charge in [0, 0.05) is 50.0 Å². The van der Waals surface area contributed by atoms with Gasteiger partial charge in [-0.1, -0.05) is 24.3 Å². The van der Waals surface area contributed by atoms with Gasteiger partial charge in [-0.15, -0.1) is 0 Å². The molecule has 0 saturated heterocycles. The molecule has 0 spiro atoms. The maximum absolute atomic E-state index is 13.4. The Bertz CT molecular complexity index is 4200. The Morgan fingerprint density at radius 2 is 1.05 bits per heavy atom. The third kappa shape index (κ3) is 12.5. The van der Waals surface area contributed by atoms with Crippen molar-refractivity contribution in [3.63, 3.8) is 0 Å². The Hall–Kier alpha value is -10.5. The number of nitrogens with two attached hydrogens (primary N) is 1. The SMILES string of the molecule is COC(=O)[C@H](C)n1cnc2c1c(=O)n(Cc1ccccn1)c(=O)n2C.C[C@@H](C(=O)Nc1cccc(-c2ccc(C(F)(F)F)nc2)n1)n1cnc2c1c(=O)n(Cc1ccccn1)c(=O)n2C.Nc1cccc(-c2ccc(C(F)(F)F)nc2)n1. The van der Waals surface area contributed by atoms with Crippen LogP contribution in [0.1, 0.15) is 48.7 Å². The monoisotopic (exact) mass is 1130 g/mol. The van der Waals surface area contributed by atoms with Crippen molar-refractivity contribution in [1.29, 1.82) is 0 Å². The Balaban J connectivity index is 0.000000178. The number of alkyl halides is 6. The van der Waals surface area contributed by atoms with E-state index in [0.717, 1.165) is 33.7 Å². The number of carbonyl (C=O) groups is 2. The van der Waals surface area contributed by atoms with Gasteiger partial charge in [-0.25, -0.2) is 34.3 Å². The van der Waals surface area contributed by atoms with E-state index >= 15 is 0 Å². The number of aromatic nitrogens is 14. The molecule has 10 rings (SSSR count). The second-order valence-electron chi connectivity index (χ2n) is 17.8. The van der Waals surface area contributed by atoms with E-state index in [4.69, 9.17) is 10.5 Å². The van der Waals surface area contributed by atoms with Crippen molar-refractivity contribution in [2.24, 2.45) is 14.1 Å². The van der Waals surface area contributed by atoms with E-state index in [1.807, 2.05) is 0 Å². The molecule has 1 amide bonds. The molecule has 2 atom stereocenters. The highest BCUT2D eigenvalue weighted by atomic mass is 19.4. The molecule has 0 aliphatic heterocycles. The minimum Gasteiger partial charge on any atom is -0.467 e. The number of ether oxygens (including phenoxy) is 1. The van der Waals surface area contributed by atoms with Gasteiger partial charge < -0.3 is 24.9 Å². The minimum atomic E-state index is -4.57. The number of nitrogens with zero attached hydrogens (tertiary/aromatic N) is 14. The highest BCUT2D eigenvalue weighted by molar-refractivity contribution is 5.94. The molecule has 0 saturated carbocycles. The van der Waals surface area contributed by atoms with Crippen molar-refractivity contribution in [1.82, 2.24) is 67.3 Å². The maximum Gasteiger partial charge on any atom is 0.433 e. The molecular weight excluding hydrogens is 1090 g/mol. The summed E-state index contributed by atoms with van der Waals surface area (Å²) in [6, 6.07) is 22.6. The highest BCUT2D eigenvalue weighted by Crippen LogP contribution is 2.30. The van der Waals surface area contributed by atoms with Gasteiger partial charge >= 0.3 is 29.7 Å². The Morgan fingerprint density at radius 3 is 1.46 bits per heavy atom. The van der Waals surface area contributed by atoms with Crippen LogP contribution in [0.3, 0.4) is 0 Å². The molecule has 82 heavy (non-hydrogen) atoms. The summed E-state index contributed by atoms with van der Waals surface area (Å²) in [6.45, 7) is 3.11. The van der Waals surface area contributed by atoms with Crippen LogP contribution in [0.2, 0.25) is 0 Å². The number of halogens is 6. The number of rotatable bonds is 11. The number of carbonyl (C=O) groups excluding carboxylic acids is 2. The van der Waals surface area contributed by atoms with E-state index in [1.165, 1.54) is 70.3 Å². The van der Waals surface area contributed by atoms with Gasteiger partial charge in [0.05, 0.1) is 55.6 Å². The summed E-state index contributed by atoms with van der Waals surface area (Å²) in [4.78, 5) is 108. The minimum absolute atomic E-state index is 0.0278. The van der Waals surface area contributed by atoms with E-state index in [1.54, 1.807) is 93.0 Å². The van der Waals surface area contributed by atoms with E-state index in [-0.39, 0.29) is 41.2 Å². The molecule has 0 aliphatic carbocycles. The third-order valence-electron chi connectivity index (χ3n) is 12.4. The number of hydrogen-bond donors (Lipinski definition) is 2. The van der Waals surface area contributed by atoms with E-state index < -0.39 is 70.2 Å². The van der Waals surface area contributed by atoms with Crippen LogP contribution in [0.25, 0.3) is 44.8 Å². The fraction of sp³-hybridized carbons (Fsp3) is 0.208. The normalized spacial score (nSPS) is 12.2. The standard InChI is InChI=1S/C26H21F3N8O3.C16H17N5O4.C11H8F3N3/c1-15(23(38)34-20-8-5-7-18(33-20)16-9-10-19(31-12-16)26(27,28)29)37-14-32-22-21(37)24(39)36(25(40)35(22)2)13-17-6-3-4-11-30-17;1-10(15(23)25-3)21-9-18-13-12(21)14(22)20(16(24)19(13)2)8-11-6-4-5-7-17-11;12-11(13,14)9-5-4-7(6-16-9)8-2-1-3-10(15)17-8/h3-12,14-15H,13H2,1-2H3,(H,33,34,38);4-7,9-10H,8H2,1-3H3;1-6H,(H2,15,17)/t15-;10-;/m00./s1. The van der Waals surface area contributed by atoms with Gasteiger partial charge in [0.1, 0.15) is 35.1 Å². The summed E-state index contributed by atoms with van der Waals surface area (Å²) in [6.07, 6.45) is -1.01. The van der Waals surface area contributed by atoms with Crippen LogP contribution in [-0.2, 0) is 53.9 Å². The molecule has 10 aromatic rings. The lowest BCUT2D eigenvalue weighted by Gasteiger charge is -2.15. The second-order valence-corrected chi connectivity index (χ2v) is 17.8. The first-order valence-electron chi connectivity index (χ1n) is 24.2. The number of hydrogen-bond acceptors (Lipinski definition) is 16. The zero-order valence-corrected chi connectivity index (χ0v) is 43.7. The van der Waals surface area contributed by atoms with Crippen molar-refractivity contribution in [2.45, 2.75) is 51.4 Å². The molecule has 10 heterocycles. The van der Waals surface area contributed by atoms with Gasteiger partial charge in [0.2, 0.25) is 5.91 Å². The van der Waals surface area contributed by atoms with Crippen molar-refractivity contribution in [3.8, 4) is 22.5 Å². The summed E-state index contributed by atoms with van der Waals surface area (Å²) in [7, 11) is 4.28. The zero-order valence-electron chi connectivity index (χ0n) is 43.7. The van der Waals surface area contributed by atoms with Gasteiger partial charge in [-0.3, -0.25) is 52.6 Å². The summed E-state index contributed by atoms with van der Waals surface area (Å²) >= 11 is 0. The topological polar surface area (TPSA) is 282 Å². The smallest absolute Gasteiger partial charge is 0.433 e. The molecule has 10 aromatic heterocycles. The van der Waals surface area contributed by atoms with Crippen molar-refractivity contribution < 1.29 is 40.7 Å². The highest BCUT2D eigenvalue weighted by Gasteiger charge is 2.33. The number of anilines is 2. The quantitative estimate of drug-likeness (QED) is 0.114. The lowest BCUT2D eigenvalue weighted by molar-refractivity contribution is -0.144. The fourth-order valence-corrected chi connectivity index (χ4v) is 8.10. The molecule has 3 N–H and O–H groups in total. The van der Waals surface area contributed by atoms with Crippen molar-refractivity contribution in [3.05, 3.63) is 199 Å². The molecule has 0 aromatic carbocycles. The third-order valence-corrected chi connectivity index (χ3v) is 12.4. The second kappa shape index (κ2) is 23.9. The lowest BCUT2D eigenvalue weighted by atomic mass is 10.1. The number of fused-ring (bicyclic) bond motifs is 2. The number of esters is 1. The molecule has 0 fully saturated rings. The summed E-state index contributed by atoms with van der Waals surface area (Å²) in [5.41, 5.74) is 4.52. The molecule has 0 bridgehead atoms.